The van der Waals surface area contributed by atoms with E-state index in [1.165, 1.54) is 10.5 Å². The quantitative estimate of drug-likeness (QED) is 0.0670. The molecule has 0 radical (unpaired) electrons. The summed E-state index contributed by atoms with van der Waals surface area (Å²) in [7, 11) is 1.63. The molecule has 4 fully saturated rings. The predicted molar refractivity (Wildman–Crippen MR) is 279 cm³/mol. The maximum atomic E-state index is 14.4. The Morgan fingerprint density at radius 2 is 1.77 bits per heavy atom. The van der Waals surface area contributed by atoms with Crippen LogP contribution in [0, 0.1) is 23.2 Å². The number of benzene rings is 2. The number of hydrogen-bond donors (Lipinski definition) is 5. The lowest BCUT2D eigenvalue weighted by molar-refractivity contribution is -0.142. The number of H-pyrrole nitrogens is 1. The van der Waals surface area contributed by atoms with Crippen molar-refractivity contribution in [1.29, 1.82) is 0 Å². The number of terminal acetylenes is 1. The number of likely N-dealkylation sites (tertiary alicyclic amines) is 3. The number of hydrogen-bond acceptors (Lipinski definition) is 13. The number of anilines is 1. The molecular weight excluding hydrogens is 939 g/mol. The van der Waals surface area contributed by atoms with Gasteiger partial charge in [-0.1, -0.05) is 44.9 Å². The molecule has 5 N–H and O–H groups in total. The van der Waals surface area contributed by atoms with Gasteiger partial charge >= 0.3 is 6.03 Å². The summed E-state index contributed by atoms with van der Waals surface area (Å²) in [6.45, 7) is 13.0. The number of carbonyl (C=O) groups excluding carboxylic acids is 3. The molecule has 2 aromatic carbocycles. The van der Waals surface area contributed by atoms with E-state index in [1.807, 2.05) is 57.4 Å². The number of urea groups is 1. The van der Waals surface area contributed by atoms with Crippen molar-refractivity contribution in [3.8, 4) is 35.1 Å². The van der Waals surface area contributed by atoms with Gasteiger partial charge < -0.3 is 54.9 Å². The first-order valence-corrected chi connectivity index (χ1v) is 26.1. The van der Waals surface area contributed by atoms with Crippen LogP contribution in [0.3, 0.4) is 0 Å². The van der Waals surface area contributed by atoms with Gasteiger partial charge in [0, 0.05) is 123 Å². The molecule has 1 spiro atoms. The molecule has 3 saturated heterocycles. The van der Waals surface area contributed by atoms with Gasteiger partial charge in [-0.15, -0.1) is 16.6 Å². The lowest BCUT2D eigenvalue weighted by Gasteiger charge is -2.61. The van der Waals surface area contributed by atoms with Crippen molar-refractivity contribution in [2.75, 3.05) is 64.5 Å². The second kappa shape index (κ2) is 20.8. The Hall–Kier alpha value is -6.81. The number of rotatable bonds is 14. The summed E-state index contributed by atoms with van der Waals surface area (Å²) in [5.74, 6) is 3.64. The maximum absolute atomic E-state index is 14.4. The maximum Gasteiger partial charge on any atom is 0.318 e. The van der Waals surface area contributed by atoms with Crippen molar-refractivity contribution < 1.29 is 34.1 Å². The molecule has 5 aromatic rings. The highest BCUT2D eigenvalue weighted by Gasteiger charge is 2.56. The van der Waals surface area contributed by atoms with Crippen LogP contribution in [0.25, 0.3) is 22.3 Å². The minimum absolute atomic E-state index is 0.00486. The number of nitrogens with zero attached hydrogens (tertiary/aromatic N) is 8. The Kier molecular flexibility index (Phi) is 14.3. The van der Waals surface area contributed by atoms with Gasteiger partial charge in [0.2, 0.25) is 17.8 Å². The van der Waals surface area contributed by atoms with Crippen LogP contribution < -0.4 is 20.3 Å². The highest BCUT2D eigenvalue weighted by atomic mass is 16.5. The highest BCUT2D eigenvalue weighted by Crippen LogP contribution is 2.51. The monoisotopic (exact) mass is 1010 g/mol. The molecule has 7 heterocycles. The molecule has 74 heavy (non-hydrogen) atoms. The van der Waals surface area contributed by atoms with Gasteiger partial charge in [-0.3, -0.25) is 9.59 Å². The van der Waals surface area contributed by atoms with E-state index in [-0.39, 0.29) is 42.7 Å². The number of ether oxygens (including phenoxy) is 2. The van der Waals surface area contributed by atoms with E-state index in [0.29, 0.717) is 73.2 Å². The smallest absolute Gasteiger partial charge is 0.318 e. The Balaban J connectivity index is 0.690. The second-order valence-corrected chi connectivity index (χ2v) is 22.2. The van der Waals surface area contributed by atoms with E-state index in [1.54, 1.807) is 36.3 Å². The van der Waals surface area contributed by atoms with E-state index in [4.69, 9.17) is 25.9 Å². The number of para-hydroxylation sites is 1. The summed E-state index contributed by atoms with van der Waals surface area (Å²) in [6, 6.07) is 12.9. The minimum atomic E-state index is -0.920. The summed E-state index contributed by atoms with van der Waals surface area (Å²) < 4.78 is 11.1. The normalized spacial score (nSPS) is 21.4. The molecule has 4 amide bonds. The van der Waals surface area contributed by atoms with Crippen LogP contribution in [0.5, 0.6) is 11.5 Å². The average Bonchev–Trinajstić information content (AvgIpc) is 3.96. The number of aromatic hydroxyl groups is 1. The van der Waals surface area contributed by atoms with Gasteiger partial charge in [0.1, 0.15) is 23.6 Å². The van der Waals surface area contributed by atoms with Crippen LogP contribution in [0.4, 0.5) is 10.7 Å². The fourth-order valence-corrected chi connectivity index (χ4v) is 12.0. The van der Waals surface area contributed by atoms with Crippen molar-refractivity contribution in [3.63, 3.8) is 0 Å². The molecule has 4 aliphatic heterocycles. The Labute approximate surface area is 432 Å². The number of fused-ring (bicyclic) bond motifs is 3. The van der Waals surface area contributed by atoms with E-state index in [9.17, 15) is 24.6 Å². The molecular formula is C56H69N11O7. The number of aliphatic hydroxyl groups is 1. The Morgan fingerprint density at radius 3 is 2.49 bits per heavy atom. The third-order valence-corrected chi connectivity index (χ3v) is 16.1. The molecule has 1 aliphatic carbocycles. The molecule has 390 valence electrons. The van der Waals surface area contributed by atoms with Crippen molar-refractivity contribution in [2.24, 2.45) is 10.8 Å². The zero-order valence-corrected chi connectivity index (χ0v) is 43.1. The fraction of sp³-hybridized carbons (Fsp3) is 0.518. The van der Waals surface area contributed by atoms with E-state index >= 15 is 0 Å². The molecule has 3 aromatic heterocycles. The molecule has 18 heteroatoms. The summed E-state index contributed by atoms with van der Waals surface area (Å²) in [4.78, 5) is 63.4. The number of β-amino-alcohol motifs (C(OH)–C–C–N with tert-alkyl or cyclic N) is 1. The number of methoxy groups -OCH3 is 1. The number of phenols is 1. The summed E-state index contributed by atoms with van der Waals surface area (Å²) in [5.41, 5.74) is 6.26. The minimum Gasteiger partial charge on any atom is -0.507 e. The number of amides is 4. The van der Waals surface area contributed by atoms with Crippen LogP contribution in [0.15, 0.2) is 60.9 Å². The SMILES string of the molecule is C#Cc1ccc(CNC(=O)[C@@H]2C[C@@H](O)CN2C(=O)[C@@H](NC(=O)N2CC3(CC(N4CCC(c5cnc(N6CCc7[nH]c8nnc(-c9ccccc9O)cc8c7[C@H]6C)nc5)CC4)C3)C2)C(C)(C)C)c(OCCCOC)c1. The van der Waals surface area contributed by atoms with Gasteiger partial charge in [0.05, 0.1) is 24.4 Å². The van der Waals surface area contributed by atoms with E-state index in [2.05, 4.69) is 48.5 Å². The Morgan fingerprint density at radius 1 is 1.01 bits per heavy atom. The standard InChI is InChI=1S/C56H69N11O7/c1-7-35-13-14-37(47(23-35)74-22-10-21-73-6)28-57-51(70)45-24-40(68)31-67(45)52(71)49(55(3,4)5)61-54(72)65-32-56(33-65)26-39(27-56)64-18-15-36(16-19-64)38-29-58-53(59-30-38)66-20-17-43-48(34(66)2)42-25-44(62-63-50(42)60-43)41-11-8-9-12-46(41)69/h1,8-9,11-14,23,25,29-30,34,36,39-40,45,49,68-69H,10,15-22,24,26-28,31-33H2,2-6H3,(H,57,70)(H,60,63)(H,61,72)/t34-,40-,45+,49-/m1/s1. The third-order valence-electron chi connectivity index (χ3n) is 16.1. The summed E-state index contributed by atoms with van der Waals surface area (Å²) >= 11 is 0. The topological polar surface area (TPSA) is 214 Å². The summed E-state index contributed by atoms with van der Waals surface area (Å²) in [5, 5.41) is 37.1. The molecule has 10 rings (SSSR count). The summed E-state index contributed by atoms with van der Waals surface area (Å²) in [6.07, 6.45) is 14.5. The van der Waals surface area contributed by atoms with Gasteiger partial charge in [-0.2, -0.15) is 0 Å². The molecule has 0 unspecified atom stereocenters. The van der Waals surface area contributed by atoms with Crippen LogP contribution in [-0.2, 0) is 27.3 Å². The predicted octanol–water partition coefficient (Wildman–Crippen LogP) is 5.69. The van der Waals surface area contributed by atoms with E-state index in [0.717, 1.165) is 79.6 Å². The lowest BCUT2D eigenvalue weighted by Crippen LogP contribution is -2.70. The van der Waals surface area contributed by atoms with E-state index < -0.39 is 35.4 Å². The second-order valence-electron chi connectivity index (χ2n) is 22.2. The van der Waals surface area contributed by atoms with Gasteiger partial charge in [0.25, 0.3) is 0 Å². The molecule has 0 bridgehead atoms. The molecule has 18 nitrogen and oxygen atoms in total. The fourth-order valence-electron chi connectivity index (χ4n) is 12.0. The molecule has 4 atom stereocenters. The van der Waals surface area contributed by atoms with Crippen LogP contribution in [0.2, 0.25) is 0 Å². The van der Waals surface area contributed by atoms with Crippen molar-refractivity contribution in [2.45, 2.75) is 115 Å². The van der Waals surface area contributed by atoms with Crippen LogP contribution in [0.1, 0.15) is 106 Å². The number of piperidine rings is 1. The third kappa shape index (κ3) is 10.2. The number of aromatic nitrogens is 5. The first kappa shape index (κ1) is 50.7. The number of aromatic amines is 1. The number of carbonyl (C=O) groups is 3. The zero-order chi connectivity index (χ0) is 51.9. The molecule has 5 aliphatic rings. The first-order chi connectivity index (χ1) is 35.6. The highest BCUT2D eigenvalue weighted by molar-refractivity contribution is 5.93. The van der Waals surface area contributed by atoms with Crippen LogP contribution >= 0.6 is 0 Å². The van der Waals surface area contributed by atoms with Crippen molar-refractivity contribution >= 4 is 34.8 Å². The average molecular weight is 1010 g/mol. The largest absolute Gasteiger partial charge is 0.507 e. The van der Waals surface area contributed by atoms with Gasteiger partial charge in [-0.05, 0) is 92.9 Å². The number of aliphatic hydroxyl groups excluding tert-OH is 1. The Bertz CT molecular complexity index is 2910. The van der Waals surface area contributed by atoms with Crippen molar-refractivity contribution in [1.82, 2.24) is 50.5 Å². The first-order valence-electron chi connectivity index (χ1n) is 26.1. The van der Waals surface area contributed by atoms with Gasteiger partial charge in [0.15, 0.2) is 5.65 Å². The van der Waals surface area contributed by atoms with Crippen LogP contribution in [-0.4, -0.2) is 152 Å². The number of nitrogens with one attached hydrogen (secondary N) is 3. The van der Waals surface area contributed by atoms with Gasteiger partial charge in [-0.25, -0.2) is 14.8 Å². The molecule has 1 saturated carbocycles. The van der Waals surface area contributed by atoms with Crippen molar-refractivity contribution in [3.05, 3.63) is 88.9 Å². The lowest BCUT2D eigenvalue weighted by atomic mass is 9.60. The zero-order valence-electron chi connectivity index (χ0n) is 43.1. The number of phenolic OH excluding ortho intramolecular Hbond substituents is 1.